The van der Waals surface area contributed by atoms with Gasteiger partial charge in [0, 0.05) is 5.69 Å². The molecule has 3 rings (SSSR count). The van der Waals surface area contributed by atoms with Crippen LogP contribution >= 0.6 is 31.9 Å². The highest BCUT2D eigenvalue weighted by atomic mass is 79.9. The van der Waals surface area contributed by atoms with Crippen LogP contribution in [0.5, 0.6) is 0 Å². The minimum atomic E-state index is 0.628. The fourth-order valence-electron chi connectivity index (χ4n) is 1.91. The van der Waals surface area contributed by atoms with E-state index in [4.69, 9.17) is 4.42 Å². The molecule has 2 N–H and O–H groups in total. The van der Waals surface area contributed by atoms with Gasteiger partial charge in [0.25, 0.3) is 0 Å². The van der Waals surface area contributed by atoms with Gasteiger partial charge < -0.3 is 14.7 Å². The number of hydrogen-bond donors (Lipinski definition) is 2. The van der Waals surface area contributed by atoms with Gasteiger partial charge >= 0.3 is 0 Å². The Balaban J connectivity index is 1.77. The summed E-state index contributed by atoms with van der Waals surface area (Å²) in [5, 5.41) is 3.32. The van der Waals surface area contributed by atoms with E-state index in [1.54, 1.807) is 0 Å². The molecule has 0 amide bonds. The summed E-state index contributed by atoms with van der Waals surface area (Å²) in [6, 6.07) is 7.99. The van der Waals surface area contributed by atoms with Gasteiger partial charge in [-0.1, -0.05) is 0 Å². The molecule has 0 spiro atoms. The minimum absolute atomic E-state index is 0.628. The number of anilines is 1. The van der Waals surface area contributed by atoms with Crippen LogP contribution in [0, 0.1) is 6.92 Å². The van der Waals surface area contributed by atoms with Crippen LogP contribution in [0.3, 0.4) is 0 Å². The van der Waals surface area contributed by atoms with Gasteiger partial charge in [0.1, 0.15) is 11.6 Å². The average molecular weight is 385 g/mol. The third kappa shape index (κ3) is 2.69. The molecule has 0 saturated heterocycles. The normalized spacial score (nSPS) is 11.1. The number of H-pyrrole nitrogens is 1. The number of rotatable bonds is 3. The van der Waals surface area contributed by atoms with E-state index < -0.39 is 0 Å². The molecule has 0 bridgehead atoms. The number of aromatic amines is 1. The highest BCUT2D eigenvalue weighted by Gasteiger charge is 2.06. The van der Waals surface area contributed by atoms with Crippen LogP contribution in [-0.4, -0.2) is 9.97 Å². The largest absolute Gasteiger partial charge is 0.451 e. The predicted octanol–water partition coefficient (Wildman–Crippen LogP) is 4.60. The lowest BCUT2D eigenvalue weighted by molar-refractivity contribution is 0.494. The zero-order valence-electron chi connectivity index (χ0n) is 10.1. The number of halogens is 2. The van der Waals surface area contributed by atoms with E-state index in [0.29, 0.717) is 11.2 Å². The molecule has 98 valence electrons. The van der Waals surface area contributed by atoms with Gasteiger partial charge in [-0.3, -0.25) is 0 Å². The van der Waals surface area contributed by atoms with E-state index in [-0.39, 0.29) is 0 Å². The molecule has 4 nitrogen and oxygen atoms in total. The number of furan rings is 1. The summed E-state index contributed by atoms with van der Waals surface area (Å²) < 4.78 is 7.15. The first kappa shape index (κ1) is 12.7. The predicted molar refractivity (Wildman–Crippen MR) is 82.3 cm³/mol. The topological polar surface area (TPSA) is 53.9 Å². The summed E-state index contributed by atoms with van der Waals surface area (Å²) in [6.07, 6.45) is 0. The lowest BCUT2D eigenvalue weighted by Crippen LogP contribution is -1.97. The van der Waals surface area contributed by atoms with Crippen molar-refractivity contribution in [1.82, 2.24) is 9.97 Å². The SMILES string of the molecule is Cc1nc2ccc(NCc3cc(Br)c(Br)o3)cc2[nH]1. The van der Waals surface area contributed by atoms with Gasteiger partial charge in [-0.15, -0.1) is 0 Å². The maximum atomic E-state index is 5.51. The van der Waals surface area contributed by atoms with Crippen molar-refractivity contribution in [1.29, 1.82) is 0 Å². The lowest BCUT2D eigenvalue weighted by Gasteiger charge is -2.03. The van der Waals surface area contributed by atoms with E-state index >= 15 is 0 Å². The molecular weight excluding hydrogens is 374 g/mol. The Morgan fingerprint density at radius 3 is 2.89 bits per heavy atom. The van der Waals surface area contributed by atoms with Crippen molar-refractivity contribution >= 4 is 48.6 Å². The summed E-state index contributed by atoms with van der Waals surface area (Å²) in [7, 11) is 0. The van der Waals surface area contributed by atoms with Crippen LogP contribution in [0.15, 0.2) is 37.8 Å². The molecule has 2 aromatic heterocycles. The summed E-state index contributed by atoms with van der Waals surface area (Å²) in [4.78, 5) is 7.59. The monoisotopic (exact) mass is 383 g/mol. The molecule has 0 aliphatic rings. The molecule has 0 radical (unpaired) electrons. The van der Waals surface area contributed by atoms with E-state index in [0.717, 1.165) is 32.8 Å². The number of imidazole rings is 1. The van der Waals surface area contributed by atoms with Crippen molar-refractivity contribution < 1.29 is 4.42 Å². The second-order valence-electron chi connectivity index (χ2n) is 4.24. The van der Waals surface area contributed by atoms with Crippen LogP contribution in [0.1, 0.15) is 11.6 Å². The summed E-state index contributed by atoms with van der Waals surface area (Å²) in [5.74, 6) is 1.78. The highest BCUT2D eigenvalue weighted by molar-refractivity contribution is 9.13. The standard InChI is InChI=1S/C13H11Br2N3O/c1-7-17-11-3-2-8(4-12(11)18-7)16-6-9-5-10(14)13(15)19-9/h2-5,16H,6H2,1H3,(H,17,18). The molecule has 6 heteroatoms. The molecule has 0 atom stereocenters. The molecule has 1 aromatic carbocycles. The number of nitrogens with zero attached hydrogens (tertiary/aromatic N) is 1. The number of aromatic nitrogens is 2. The second-order valence-corrected chi connectivity index (χ2v) is 5.82. The Labute approximate surface area is 126 Å². The molecule has 3 aromatic rings. The van der Waals surface area contributed by atoms with Crippen molar-refractivity contribution in [3.63, 3.8) is 0 Å². The van der Waals surface area contributed by atoms with Crippen LogP contribution in [-0.2, 0) is 6.54 Å². The van der Waals surface area contributed by atoms with Gasteiger partial charge in [-0.2, -0.15) is 0 Å². The molecular formula is C13H11Br2N3O. The van der Waals surface area contributed by atoms with Gasteiger partial charge in [-0.05, 0) is 63.0 Å². The van der Waals surface area contributed by atoms with Gasteiger partial charge in [-0.25, -0.2) is 4.98 Å². The van der Waals surface area contributed by atoms with Crippen molar-refractivity contribution in [3.8, 4) is 0 Å². The van der Waals surface area contributed by atoms with Crippen LogP contribution in [0.25, 0.3) is 11.0 Å². The van der Waals surface area contributed by atoms with Crippen molar-refractivity contribution in [2.45, 2.75) is 13.5 Å². The molecule has 19 heavy (non-hydrogen) atoms. The maximum Gasteiger partial charge on any atom is 0.183 e. The van der Waals surface area contributed by atoms with Crippen molar-refractivity contribution in [3.05, 3.63) is 45.0 Å². The van der Waals surface area contributed by atoms with Crippen LogP contribution < -0.4 is 5.32 Å². The fourth-order valence-corrected chi connectivity index (χ4v) is 2.57. The van der Waals surface area contributed by atoms with Crippen molar-refractivity contribution in [2.24, 2.45) is 0 Å². The first-order chi connectivity index (χ1) is 9.11. The number of fused-ring (bicyclic) bond motifs is 1. The lowest BCUT2D eigenvalue weighted by atomic mass is 10.2. The van der Waals surface area contributed by atoms with E-state index in [9.17, 15) is 0 Å². The Bertz CT molecular complexity index is 713. The third-order valence-electron chi connectivity index (χ3n) is 2.76. The Hall–Kier alpha value is -1.27. The Morgan fingerprint density at radius 1 is 1.32 bits per heavy atom. The maximum absolute atomic E-state index is 5.51. The molecule has 0 fully saturated rings. The quantitative estimate of drug-likeness (QED) is 0.693. The summed E-state index contributed by atoms with van der Waals surface area (Å²) in [5.41, 5.74) is 3.04. The van der Waals surface area contributed by atoms with E-state index in [2.05, 4.69) is 47.1 Å². The van der Waals surface area contributed by atoms with Crippen LogP contribution in [0.4, 0.5) is 5.69 Å². The first-order valence-corrected chi connectivity index (χ1v) is 7.34. The van der Waals surface area contributed by atoms with E-state index in [1.165, 1.54) is 0 Å². The van der Waals surface area contributed by atoms with Crippen LogP contribution in [0.2, 0.25) is 0 Å². The molecule has 0 saturated carbocycles. The minimum Gasteiger partial charge on any atom is -0.451 e. The van der Waals surface area contributed by atoms with Gasteiger partial charge in [0.15, 0.2) is 4.67 Å². The summed E-state index contributed by atoms with van der Waals surface area (Å²) in [6.45, 7) is 2.58. The molecule has 0 aliphatic carbocycles. The average Bonchev–Trinajstić information content (AvgIpc) is 2.88. The van der Waals surface area contributed by atoms with Gasteiger partial charge in [0.05, 0.1) is 22.1 Å². The third-order valence-corrected chi connectivity index (χ3v) is 4.47. The molecule has 0 unspecified atom stereocenters. The molecule has 0 aliphatic heterocycles. The molecule has 2 heterocycles. The summed E-state index contributed by atoms with van der Waals surface area (Å²) >= 11 is 6.72. The van der Waals surface area contributed by atoms with Crippen molar-refractivity contribution in [2.75, 3.05) is 5.32 Å². The zero-order chi connectivity index (χ0) is 13.4. The Kier molecular flexibility index (Phi) is 3.36. The Morgan fingerprint density at radius 2 is 2.16 bits per heavy atom. The fraction of sp³-hybridized carbons (Fsp3) is 0.154. The van der Waals surface area contributed by atoms with Gasteiger partial charge in [0.2, 0.25) is 0 Å². The second kappa shape index (κ2) is 5.02. The number of nitrogens with one attached hydrogen (secondary N) is 2. The van der Waals surface area contributed by atoms with E-state index in [1.807, 2.05) is 31.2 Å². The zero-order valence-corrected chi connectivity index (χ0v) is 13.3. The first-order valence-electron chi connectivity index (χ1n) is 5.76. The highest BCUT2D eigenvalue weighted by Crippen LogP contribution is 2.27. The number of aryl methyl sites for hydroxylation is 1. The number of benzene rings is 1. The smallest absolute Gasteiger partial charge is 0.183 e. The number of hydrogen-bond acceptors (Lipinski definition) is 3.